The number of aromatic nitrogens is 4. The fourth-order valence-corrected chi connectivity index (χ4v) is 4.43. The smallest absolute Gasteiger partial charge is 0.272 e. The van der Waals surface area contributed by atoms with E-state index < -0.39 is 0 Å². The molecule has 0 unspecified atom stereocenters. The number of hydrogen-bond donors (Lipinski definition) is 2. The van der Waals surface area contributed by atoms with Crippen LogP contribution in [-0.4, -0.2) is 48.6 Å². The maximum atomic E-state index is 13.1. The maximum absolute atomic E-state index is 13.1. The molecule has 8 heteroatoms. The van der Waals surface area contributed by atoms with Crippen LogP contribution in [-0.2, 0) is 32.6 Å². The van der Waals surface area contributed by atoms with Crippen LogP contribution in [0.5, 0.6) is 0 Å². The van der Waals surface area contributed by atoms with Crippen molar-refractivity contribution < 1.29 is 9.90 Å². The van der Waals surface area contributed by atoms with Crippen LogP contribution in [0.1, 0.15) is 32.9 Å². The topological polar surface area (TPSA) is 88.2 Å². The summed E-state index contributed by atoms with van der Waals surface area (Å²) in [6.45, 7) is 3.04. The maximum Gasteiger partial charge on any atom is 0.272 e. The summed E-state index contributed by atoms with van der Waals surface area (Å²) in [5.41, 5.74) is 5.61. The van der Waals surface area contributed by atoms with Crippen molar-refractivity contribution >= 4 is 5.91 Å². The van der Waals surface area contributed by atoms with Crippen LogP contribution in [0.15, 0.2) is 73.1 Å². The van der Waals surface area contributed by atoms with Gasteiger partial charge in [-0.15, -0.1) is 0 Å². The van der Waals surface area contributed by atoms with Crippen molar-refractivity contribution in [3.63, 3.8) is 0 Å². The molecule has 0 fully saturated rings. The summed E-state index contributed by atoms with van der Waals surface area (Å²) in [5, 5.41) is 21.6. The minimum Gasteiger partial charge on any atom is -0.394 e. The summed E-state index contributed by atoms with van der Waals surface area (Å²) in [7, 11) is 0. The zero-order valence-corrected chi connectivity index (χ0v) is 19.0. The molecule has 0 aliphatic carbocycles. The molecule has 0 spiro atoms. The predicted molar refractivity (Wildman–Crippen MR) is 128 cm³/mol. The fraction of sp³-hybridized carbons (Fsp3) is 0.269. The number of benzene rings is 2. The molecule has 3 heterocycles. The van der Waals surface area contributed by atoms with Crippen molar-refractivity contribution in [2.45, 2.75) is 32.6 Å². The van der Waals surface area contributed by atoms with Gasteiger partial charge in [-0.1, -0.05) is 48.5 Å². The Hall–Kier alpha value is -3.75. The van der Waals surface area contributed by atoms with Crippen LogP contribution in [0.3, 0.4) is 0 Å². The number of fused-ring (bicyclic) bond motifs is 1. The lowest BCUT2D eigenvalue weighted by molar-refractivity contribution is 0.0942. The van der Waals surface area contributed by atoms with Gasteiger partial charge in [0.15, 0.2) is 5.69 Å². The molecule has 0 saturated carbocycles. The van der Waals surface area contributed by atoms with Gasteiger partial charge in [0, 0.05) is 55.6 Å². The van der Waals surface area contributed by atoms with Gasteiger partial charge in [0.05, 0.1) is 25.0 Å². The molecule has 4 aromatic rings. The monoisotopic (exact) mass is 456 g/mol. The van der Waals surface area contributed by atoms with E-state index in [1.807, 2.05) is 77.7 Å². The molecule has 2 N–H and O–H groups in total. The van der Waals surface area contributed by atoms with Crippen molar-refractivity contribution in [1.82, 2.24) is 29.8 Å². The summed E-state index contributed by atoms with van der Waals surface area (Å²) in [5.74, 6) is -0.185. The highest BCUT2D eigenvalue weighted by atomic mass is 16.3. The largest absolute Gasteiger partial charge is 0.394 e. The highest BCUT2D eigenvalue weighted by Gasteiger charge is 2.28. The summed E-state index contributed by atoms with van der Waals surface area (Å²) in [4.78, 5) is 15.4. The van der Waals surface area contributed by atoms with E-state index in [-0.39, 0.29) is 12.5 Å². The number of nitrogens with zero attached hydrogens (tertiary/aromatic N) is 5. The second kappa shape index (κ2) is 10.0. The standard InChI is InChI=1S/C26H28N6O2/c33-14-13-31-24-11-12-30(17-21-16-28-32(18-21)22-9-5-2-6-10-22)19-23(24)25(29-31)26(34)27-15-20-7-3-1-4-8-20/h1-10,16,18,33H,11-15,17,19H2,(H,27,34). The summed E-state index contributed by atoms with van der Waals surface area (Å²) >= 11 is 0. The van der Waals surface area contributed by atoms with Crippen molar-refractivity contribution in [3.8, 4) is 5.69 Å². The van der Waals surface area contributed by atoms with Gasteiger partial charge in [-0.3, -0.25) is 14.4 Å². The van der Waals surface area contributed by atoms with E-state index in [4.69, 9.17) is 0 Å². The van der Waals surface area contributed by atoms with Gasteiger partial charge in [-0.2, -0.15) is 10.2 Å². The first-order valence-corrected chi connectivity index (χ1v) is 11.5. The van der Waals surface area contributed by atoms with Crippen molar-refractivity contribution in [2.75, 3.05) is 13.2 Å². The molecule has 0 radical (unpaired) electrons. The average molecular weight is 457 g/mol. The molecule has 1 aliphatic heterocycles. The number of amides is 1. The third-order valence-corrected chi connectivity index (χ3v) is 6.10. The molecule has 0 saturated heterocycles. The van der Waals surface area contributed by atoms with Crippen LogP contribution in [0.2, 0.25) is 0 Å². The number of aliphatic hydroxyl groups excluding tert-OH is 1. The first kappa shape index (κ1) is 22.1. The molecule has 1 amide bonds. The lowest BCUT2D eigenvalue weighted by atomic mass is 10.0. The molecule has 0 atom stereocenters. The first-order chi connectivity index (χ1) is 16.7. The van der Waals surface area contributed by atoms with E-state index in [9.17, 15) is 9.90 Å². The molecular weight excluding hydrogens is 428 g/mol. The van der Waals surface area contributed by atoms with E-state index in [0.717, 1.165) is 47.6 Å². The SMILES string of the molecule is O=C(NCc1ccccc1)c1nn(CCO)c2c1CN(Cc1cnn(-c3ccccc3)c1)CC2. The molecule has 8 nitrogen and oxygen atoms in total. The van der Waals surface area contributed by atoms with E-state index in [1.54, 1.807) is 4.68 Å². The Kier molecular flexibility index (Phi) is 6.51. The number of para-hydroxylation sites is 1. The van der Waals surface area contributed by atoms with Gasteiger partial charge in [-0.25, -0.2) is 4.68 Å². The number of aliphatic hydroxyl groups is 1. The summed E-state index contributed by atoms with van der Waals surface area (Å²) in [6, 6.07) is 19.9. The Balaban J connectivity index is 1.31. The van der Waals surface area contributed by atoms with Gasteiger partial charge in [-0.05, 0) is 17.7 Å². The molecule has 5 rings (SSSR count). The fourth-order valence-electron chi connectivity index (χ4n) is 4.43. The van der Waals surface area contributed by atoms with Crippen LogP contribution < -0.4 is 5.32 Å². The van der Waals surface area contributed by atoms with Crippen LogP contribution in [0.25, 0.3) is 5.69 Å². The lowest BCUT2D eigenvalue weighted by Crippen LogP contribution is -2.32. The highest BCUT2D eigenvalue weighted by molar-refractivity contribution is 5.94. The minimum atomic E-state index is -0.185. The van der Waals surface area contributed by atoms with Crippen LogP contribution >= 0.6 is 0 Å². The number of carbonyl (C=O) groups excluding carboxylic acids is 1. The van der Waals surface area contributed by atoms with E-state index in [0.29, 0.717) is 25.3 Å². The van der Waals surface area contributed by atoms with Crippen molar-refractivity contribution in [3.05, 3.63) is 101 Å². The molecule has 174 valence electrons. The normalized spacial score (nSPS) is 13.6. The Morgan fingerprint density at radius 1 is 1.03 bits per heavy atom. The molecule has 1 aliphatic rings. The van der Waals surface area contributed by atoms with Gasteiger partial charge >= 0.3 is 0 Å². The van der Waals surface area contributed by atoms with Crippen molar-refractivity contribution in [1.29, 1.82) is 0 Å². The first-order valence-electron chi connectivity index (χ1n) is 11.5. The van der Waals surface area contributed by atoms with E-state index in [2.05, 4.69) is 20.4 Å². The molecule has 2 aromatic carbocycles. The van der Waals surface area contributed by atoms with Gasteiger partial charge in [0.2, 0.25) is 0 Å². The quantitative estimate of drug-likeness (QED) is 0.426. The summed E-state index contributed by atoms with van der Waals surface area (Å²) < 4.78 is 3.67. The van der Waals surface area contributed by atoms with Gasteiger partial charge in [0.25, 0.3) is 5.91 Å². The predicted octanol–water partition coefficient (Wildman–Crippen LogP) is 2.55. The lowest BCUT2D eigenvalue weighted by Gasteiger charge is -2.27. The number of rotatable bonds is 8. The molecule has 2 aromatic heterocycles. The Morgan fingerprint density at radius 3 is 2.56 bits per heavy atom. The van der Waals surface area contributed by atoms with E-state index >= 15 is 0 Å². The van der Waals surface area contributed by atoms with Gasteiger partial charge < -0.3 is 10.4 Å². The van der Waals surface area contributed by atoms with Crippen LogP contribution in [0, 0.1) is 0 Å². The Morgan fingerprint density at radius 2 is 1.79 bits per heavy atom. The Bertz CT molecular complexity index is 1250. The third-order valence-electron chi connectivity index (χ3n) is 6.10. The van der Waals surface area contributed by atoms with Crippen LogP contribution in [0.4, 0.5) is 0 Å². The minimum absolute atomic E-state index is 0.0123. The second-order valence-corrected chi connectivity index (χ2v) is 8.48. The molecule has 34 heavy (non-hydrogen) atoms. The number of hydrogen-bond acceptors (Lipinski definition) is 5. The second-order valence-electron chi connectivity index (χ2n) is 8.48. The van der Waals surface area contributed by atoms with Gasteiger partial charge in [0.1, 0.15) is 0 Å². The molecule has 0 bridgehead atoms. The Labute approximate surface area is 198 Å². The van der Waals surface area contributed by atoms with Crippen molar-refractivity contribution in [2.24, 2.45) is 0 Å². The average Bonchev–Trinajstić information content (AvgIpc) is 3.49. The molecular formula is C26H28N6O2. The number of nitrogens with one attached hydrogen (secondary N) is 1. The zero-order chi connectivity index (χ0) is 23.3. The summed E-state index contributed by atoms with van der Waals surface area (Å²) in [6.07, 6.45) is 4.72. The number of carbonyl (C=O) groups is 1. The van der Waals surface area contributed by atoms with E-state index in [1.165, 1.54) is 0 Å². The zero-order valence-electron chi connectivity index (χ0n) is 19.0. The third kappa shape index (κ3) is 4.78. The highest BCUT2D eigenvalue weighted by Crippen LogP contribution is 2.24.